The molecule has 2 aromatic carbocycles. The molecule has 0 saturated carbocycles. The smallest absolute Gasteiger partial charge is 0.291 e. The summed E-state index contributed by atoms with van der Waals surface area (Å²) >= 11 is 0. The fourth-order valence-corrected chi connectivity index (χ4v) is 4.66. The molecule has 33 heavy (non-hydrogen) atoms. The number of nitrogens with one attached hydrogen (secondary N) is 1. The minimum atomic E-state index is -0.376. The Morgan fingerprint density at radius 2 is 1.94 bits per heavy atom. The third-order valence-electron chi connectivity index (χ3n) is 6.28. The van der Waals surface area contributed by atoms with Crippen LogP contribution in [0.5, 0.6) is 0 Å². The van der Waals surface area contributed by atoms with Gasteiger partial charge in [0.05, 0.1) is 5.52 Å². The minimum Gasteiger partial charge on any atom is -0.354 e. The van der Waals surface area contributed by atoms with Gasteiger partial charge in [-0.2, -0.15) is 5.10 Å². The summed E-state index contributed by atoms with van der Waals surface area (Å²) in [5.41, 5.74) is 3.52. The van der Waals surface area contributed by atoms with Crippen molar-refractivity contribution in [1.82, 2.24) is 24.4 Å². The zero-order chi connectivity index (χ0) is 22.9. The Labute approximate surface area is 190 Å². The van der Waals surface area contributed by atoms with Crippen LogP contribution >= 0.6 is 0 Å². The maximum atomic E-state index is 13.6. The number of amides is 1. The number of hydrogen-bond acceptors (Lipinski definition) is 4. The molecule has 170 valence electrons. The van der Waals surface area contributed by atoms with E-state index < -0.39 is 0 Å². The highest BCUT2D eigenvalue weighted by molar-refractivity contribution is 5.87. The summed E-state index contributed by atoms with van der Waals surface area (Å²) in [6.45, 7) is 5.04. The molecule has 0 aliphatic carbocycles. The van der Waals surface area contributed by atoms with Crippen LogP contribution < -0.4 is 10.9 Å². The number of carbonyl (C=O) groups is 1. The standard InChI is InChI=1S/C25H26FN5O2/c1-17-28-30(25(33)23-14-20-13-21(26)7-8-22(20)31(17)23)16-24(32)27-10-4-11-29-12-9-18-5-2-3-6-19(18)15-29/h2-3,5-8,13-14H,4,9-12,15-16H2,1H3,(H,27,32). The predicted octanol–water partition coefficient (Wildman–Crippen LogP) is 2.66. The molecule has 0 fully saturated rings. The third kappa shape index (κ3) is 4.26. The number of fused-ring (bicyclic) bond motifs is 4. The molecule has 1 amide bonds. The van der Waals surface area contributed by atoms with Crippen molar-refractivity contribution in [3.63, 3.8) is 0 Å². The van der Waals surface area contributed by atoms with Gasteiger partial charge in [0.2, 0.25) is 5.91 Å². The Balaban J connectivity index is 1.20. The average Bonchev–Trinajstić information content (AvgIpc) is 3.19. The minimum absolute atomic E-state index is 0.150. The van der Waals surface area contributed by atoms with Crippen LogP contribution in [-0.2, 0) is 24.3 Å². The predicted molar refractivity (Wildman–Crippen MR) is 125 cm³/mol. The number of nitrogens with zero attached hydrogens (tertiary/aromatic N) is 4. The number of benzene rings is 2. The molecule has 0 saturated heterocycles. The van der Waals surface area contributed by atoms with Crippen LogP contribution in [0.2, 0.25) is 0 Å². The van der Waals surface area contributed by atoms with Crippen molar-refractivity contribution < 1.29 is 9.18 Å². The van der Waals surface area contributed by atoms with Crippen molar-refractivity contribution in [1.29, 1.82) is 0 Å². The van der Waals surface area contributed by atoms with Gasteiger partial charge in [0.25, 0.3) is 5.56 Å². The monoisotopic (exact) mass is 447 g/mol. The lowest BCUT2D eigenvalue weighted by molar-refractivity contribution is -0.121. The highest BCUT2D eigenvalue weighted by Gasteiger charge is 2.16. The van der Waals surface area contributed by atoms with E-state index in [9.17, 15) is 14.0 Å². The molecule has 5 rings (SSSR count). The van der Waals surface area contributed by atoms with Gasteiger partial charge in [-0.1, -0.05) is 24.3 Å². The maximum absolute atomic E-state index is 13.6. The SMILES string of the molecule is Cc1nn(CC(=O)NCCCN2CCc3ccccc3C2)c(=O)c2cc3cc(F)ccc3n12. The van der Waals surface area contributed by atoms with Crippen LogP contribution in [0, 0.1) is 12.7 Å². The summed E-state index contributed by atoms with van der Waals surface area (Å²) in [5.74, 6) is -0.0543. The Hall–Kier alpha value is -3.52. The summed E-state index contributed by atoms with van der Waals surface area (Å²) in [5, 5.41) is 7.83. The van der Waals surface area contributed by atoms with Gasteiger partial charge in [0, 0.05) is 31.6 Å². The van der Waals surface area contributed by atoms with E-state index in [0.717, 1.165) is 32.5 Å². The number of halogens is 1. The molecule has 0 spiro atoms. The lowest BCUT2D eigenvalue weighted by Crippen LogP contribution is -2.37. The molecule has 0 unspecified atom stereocenters. The van der Waals surface area contributed by atoms with Crippen molar-refractivity contribution in [2.75, 3.05) is 19.6 Å². The Kier molecular flexibility index (Phi) is 5.68. The van der Waals surface area contributed by atoms with E-state index in [1.165, 1.54) is 27.9 Å². The topological polar surface area (TPSA) is 71.6 Å². The van der Waals surface area contributed by atoms with Gasteiger partial charge >= 0.3 is 0 Å². The lowest BCUT2D eigenvalue weighted by atomic mass is 10.00. The van der Waals surface area contributed by atoms with Crippen molar-refractivity contribution in [3.8, 4) is 0 Å². The highest BCUT2D eigenvalue weighted by atomic mass is 19.1. The third-order valence-corrected chi connectivity index (χ3v) is 6.28. The molecule has 1 aliphatic heterocycles. The molecule has 0 bridgehead atoms. The Morgan fingerprint density at radius 1 is 1.12 bits per heavy atom. The van der Waals surface area contributed by atoms with Gasteiger partial charge in [-0.25, -0.2) is 9.07 Å². The van der Waals surface area contributed by atoms with Crippen molar-refractivity contribution in [2.45, 2.75) is 32.9 Å². The molecule has 7 nitrogen and oxygen atoms in total. The molecule has 8 heteroatoms. The van der Waals surface area contributed by atoms with Gasteiger partial charge < -0.3 is 5.32 Å². The van der Waals surface area contributed by atoms with Gasteiger partial charge in [-0.3, -0.25) is 18.9 Å². The van der Waals surface area contributed by atoms with Gasteiger partial charge in [0.15, 0.2) is 0 Å². The van der Waals surface area contributed by atoms with Crippen molar-refractivity contribution in [2.24, 2.45) is 0 Å². The van der Waals surface area contributed by atoms with Crippen molar-refractivity contribution >= 4 is 22.3 Å². The van der Waals surface area contributed by atoms with E-state index in [4.69, 9.17) is 0 Å². The Bertz CT molecular complexity index is 1410. The molecular formula is C25H26FN5O2. The van der Waals surface area contributed by atoms with E-state index in [0.29, 0.717) is 28.8 Å². The van der Waals surface area contributed by atoms with E-state index in [-0.39, 0.29) is 23.8 Å². The first-order chi connectivity index (χ1) is 16.0. The van der Waals surface area contributed by atoms with Crippen LogP contribution in [0.3, 0.4) is 0 Å². The van der Waals surface area contributed by atoms with Gasteiger partial charge in [0.1, 0.15) is 23.7 Å². The molecule has 0 atom stereocenters. The molecular weight excluding hydrogens is 421 g/mol. The number of carbonyl (C=O) groups excluding carboxylic acids is 1. The second-order valence-electron chi connectivity index (χ2n) is 8.58. The first kappa shape index (κ1) is 21.3. The number of aromatic nitrogens is 3. The molecule has 1 aliphatic rings. The zero-order valence-electron chi connectivity index (χ0n) is 18.6. The van der Waals surface area contributed by atoms with Crippen LogP contribution in [0.15, 0.2) is 53.3 Å². The Morgan fingerprint density at radius 3 is 2.79 bits per heavy atom. The molecule has 1 N–H and O–H groups in total. The number of aryl methyl sites for hydroxylation is 1. The summed E-state index contributed by atoms with van der Waals surface area (Å²) in [7, 11) is 0. The average molecular weight is 448 g/mol. The molecule has 2 aromatic heterocycles. The zero-order valence-corrected chi connectivity index (χ0v) is 18.6. The fourth-order valence-electron chi connectivity index (χ4n) is 4.66. The van der Waals surface area contributed by atoms with Gasteiger partial charge in [-0.15, -0.1) is 0 Å². The van der Waals surface area contributed by atoms with E-state index in [1.54, 1.807) is 23.5 Å². The summed E-state index contributed by atoms with van der Waals surface area (Å²) in [6, 6.07) is 14.5. The summed E-state index contributed by atoms with van der Waals surface area (Å²) in [4.78, 5) is 27.8. The van der Waals surface area contributed by atoms with Crippen LogP contribution in [-0.4, -0.2) is 44.6 Å². The first-order valence-corrected chi connectivity index (χ1v) is 11.2. The summed E-state index contributed by atoms with van der Waals surface area (Å²) in [6.07, 6.45) is 1.89. The highest BCUT2D eigenvalue weighted by Crippen LogP contribution is 2.20. The largest absolute Gasteiger partial charge is 0.354 e. The number of hydrogen-bond donors (Lipinski definition) is 1. The van der Waals surface area contributed by atoms with E-state index in [2.05, 4.69) is 39.6 Å². The van der Waals surface area contributed by atoms with Gasteiger partial charge in [-0.05, 0) is 55.2 Å². The van der Waals surface area contributed by atoms with Crippen LogP contribution in [0.4, 0.5) is 4.39 Å². The fraction of sp³-hybridized carbons (Fsp3) is 0.320. The second kappa shape index (κ2) is 8.78. The quantitative estimate of drug-likeness (QED) is 0.462. The summed E-state index contributed by atoms with van der Waals surface area (Å²) < 4.78 is 16.5. The molecule has 3 heterocycles. The van der Waals surface area contributed by atoms with Crippen molar-refractivity contribution in [3.05, 3.63) is 81.7 Å². The van der Waals surface area contributed by atoms with Crippen LogP contribution in [0.1, 0.15) is 23.4 Å². The maximum Gasteiger partial charge on any atom is 0.291 e. The first-order valence-electron chi connectivity index (χ1n) is 11.2. The second-order valence-corrected chi connectivity index (χ2v) is 8.58. The number of rotatable bonds is 6. The lowest BCUT2D eigenvalue weighted by Gasteiger charge is -2.28. The molecule has 0 radical (unpaired) electrons. The normalized spacial score (nSPS) is 14.0. The van der Waals surface area contributed by atoms with Crippen LogP contribution in [0.25, 0.3) is 16.4 Å². The van der Waals surface area contributed by atoms with E-state index in [1.807, 2.05) is 0 Å². The molecule has 4 aromatic rings. The van der Waals surface area contributed by atoms with E-state index >= 15 is 0 Å².